The lowest BCUT2D eigenvalue weighted by atomic mass is 9.92. The van der Waals surface area contributed by atoms with E-state index in [2.05, 4.69) is 23.5 Å². The van der Waals surface area contributed by atoms with Crippen LogP contribution < -0.4 is 4.72 Å². The predicted octanol–water partition coefficient (Wildman–Crippen LogP) is 1.31. The fourth-order valence-corrected chi connectivity index (χ4v) is 5.41. The average Bonchev–Trinajstić information content (AvgIpc) is 2.77. The molecule has 2 aliphatic heterocycles. The van der Waals surface area contributed by atoms with Crippen LogP contribution in [0.25, 0.3) is 0 Å². The van der Waals surface area contributed by atoms with Gasteiger partial charge in [0, 0.05) is 32.3 Å². The van der Waals surface area contributed by atoms with Gasteiger partial charge in [-0.2, -0.15) is 0 Å². The first-order valence-corrected chi connectivity index (χ1v) is 9.79. The van der Waals surface area contributed by atoms with Gasteiger partial charge in [-0.15, -0.1) is 0 Å². The lowest BCUT2D eigenvalue weighted by Crippen LogP contribution is -2.47. The standard InChI is InChI=1S/C15H30N2O3S/c1-12-6-13(2)8-17(7-12)9-14(3)16-21(18,19)11-15-4-5-20-10-15/h12-16H,4-11H2,1-3H3/t12-,13+,14-,15+/m1/s1. The summed E-state index contributed by atoms with van der Waals surface area (Å²) in [7, 11) is -3.20. The molecular formula is C15H30N2O3S. The molecule has 2 rings (SSSR count). The van der Waals surface area contributed by atoms with Crippen molar-refractivity contribution in [2.75, 3.05) is 38.6 Å². The van der Waals surface area contributed by atoms with E-state index in [9.17, 15) is 8.42 Å². The summed E-state index contributed by atoms with van der Waals surface area (Å²) in [5, 5.41) is 0. The van der Waals surface area contributed by atoms with Gasteiger partial charge in [0.25, 0.3) is 0 Å². The molecule has 0 unspecified atom stereocenters. The fourth-order valence-electron chi connectivity index (χ4n) is 3.75. The molecule has 124 valence electrons. The third-order valence-corrected chi connectivity index (χ3v) is 6.01. The molecule has 0 aliphatic carbocycles. The smallest absolute Gasteiger partial charge is 0.212 e. The Kier molecular flexibility index (Phi) is 6.05. The summed E-state index contributed by atoms with van der Waals surface area (Å²) in [6.07, 6.45) is 2.13. The fraction of sp³-hybridized carbons (Fsp3) is 1.00. The van der Waals surface area contributed by atoms with Crippen molar-refractivity contribution in [1.29, 1.82) is 0 Å². The van der Waals surface area contributed by atoms with E-state index in [1.165, 1.54) is 6.42 Å². The Morgan fingerprint density at radius 3 is 2.52 bits per heavy atom. The zero-order valence-corrected chi connectivity index (χ0v) is 14.4. The molecule has 6 heteroatoms. The van der Waals surface area contributed by atoms with Crippen molar-refractivity contribution in [3.05, 3.63) is 0 Å². The van der Waals surface area contributed by atoms with Crippen LogP contribution in [0.4, 0.5) is 0 Å². The van der Waals surface area contributed by atoms with Crippen LogP contribution in [-0.2, 0) is 14.8 Å². The molecule has 2 saturated heterocycles. The van der Waals surface area contributed by atoms with Gasteiger partial charge in [-0.05, 0) is 37.5 Å². The maximum absolute atomic E-state index is 12.2. The van der Waals surface area contributed by atoms with Crippen molar-refractivity contribution >= 4 is 10.0 Å². The van der Waals surface area contributed by atoms with E-state index in [4.69, 9.17) is 4.74 Å². The molecule has 0 aromatic carbocycles. The highest BCUT2D eigenvalue weighted by Crippen LogP contribution is 2.21. The summed E-state index contributed by atoms with van der Waals surface area (Å²) >= 11 is 0. The first kappa shape index (κ1) is 17.2. The second kappa shape index (κ2) is 7.40. The van der Waals surface area contributed by atoms with E-state index in [0.717, 1.165) is 26.1 Å². The quantitative estimate of drug-likeness (QED) is 0.802. The van der Waals surface area contributed by atoms with E-state index < -0.39 is 10.0 Å². The van der Waals surface area contributed by atoms with E-state index in [1.54, 1.807) is 0 Å². The van der Waals surface area contributed by atoms with Gasteiger partial charge in [-0.1, -0.05) is 13.8 Å². The molecule has 0 bridgehead atoms. The minimum absolute atomic E-state index is 0.0326. The van der Waals surface area contributed by atoms with E-state index >= 15 is 0 Å². The van der Waals surface area contributed by atoms with Crippen LogP contribution in [0.3, 0.4) is 0 Å². The van der Waals surface area contributed by atoms with Gasteiger partial charge < -0.3 is 9.64 Å². The number of ether oxygens (including phenoxy) is 1. The van der Waals surface area contributed by atoms with Gasteiger partial charge in [0.15, 0.2) is 0 Å². The van der Waals surface area contributed by atoms with Crippen molar-refractivity contribution in [3.63, 3.8) is 0 Å². The first-order chi connectivity index (χ1) is 9.84. The van der Waals surface area contributed by atoms with Crippen LogP contribution in [0.5, 0.6) is 0 Å². The van der Waals surface area contributed by atoms with Crippen LogP contribution in [0, 0.1) is 17.8 Å². The summed E-state index contributed by atoms with van der Waals surface area (Å²) in [6.45, 7) is 10.7. The lowest BCUT2D eigenvalue weighted by molar-refractivity contribution is 0.134. The van der Waals surface area contributed by atoms with E-state index in [-0.39, 0.29) is 17.7 Å². The van der Waals surface area contributed by atoms with Crippen molar-refractivity contribution in [1.82, 2.24) is 9.62 Å². The maximum atomic E-state index is 12.2. The van der Waals surface area contributed by atoms with Crippen molar-refractivity contribution < 1.29 is 13.2 Å². The summed E-state index contributed by atoms with van der Waals surface area (Å²) in [5.74, 6) is 1.76. The van der Waals surface area contributed by atoms with E-state index in [0.29, 0.717) is 25.0 Å². The van der Waals surface area contributed by atoms with Gasteiger partial charge in [0.2, 0.25) is 10.0 Å². The van der Waals surface area contributed by atoms with Crippen molar-refractivity contribution in [3.8, 4) is 0 Å². The number of hydrogen-bond donors (Lipinski definition) is 1. The molecule has 21 heavy (non-hydrogen) atoms. The lowest BCUT2D eigenvalue weighted by Gasteiger charge is -2.36. The molecule has 0 saturated carbocycles. The number of nitrogens with zero attached hydrogens (tertiary/aromatic N) is 1. The minimum Gasteiger partial charge on any atom is -0.381 e. The summed E-state index contributed by atoms with van der Waals surface area (Å²) < 4.78 is 32.5. The van der Waals surface area contributed by atoms with Gasteiger partial charge in [-0.3, -0.25) is 0 Å². The Hall–Kier alpha value is -0.170. The zero-order valence-electron chi connectivity index (χ0n) is 13.5. The normalized spacial score (nSPS) is 33.2. The van der Waals surface area contributed by atoms with Crippen molar-refractivity contribution in [2.45, 2.75) is 39.7 Å². The average molecular weight is 318 g/mol. The van der Waals surface area contributed by atoms with Gasteiger partial charge >= 0.3 is 0 Å². The molecule has 0 spiro atoms. The van der Waals surface area contributed by atoms with Gasteiger partial charge in [0.05, 0.1) is 12.4 Å². The summed E-state index contributed by atoms with van der Waals surface area (Å²) in [4.78, 5) is 2.39. The molecule has 1 N–H and O–H groups in total. The van der Waals surface area contributed by atoms with Gasteiger partial charge in [0.1, 0.15) is 0 Å². The molecule has 0 amide bonds. The number of hydrogen-bond acceptors (Lipinski definition) is 4. The van der Waals surface area contributed by atoms with Crippen molar-refractivity contribution in [2.24, 2.45) is 17.8 Å². The van der Waals surface area contributed by atoms with Crippen LogP contribution in [0.15, 0.2) is 0 Å². The Labute approximate surface area is 129 Å². The first-order valence-electron chi connectivity index (χ1n) is 8.14. The van der Waals surface area contributed by atoms with Crippen LogP contribution in [0.2, 0.25) is 0 Å². The Morgan fingerprint density at radius 2 is 1.95 bits per heavy atom. The second-order valence-corrected chi connectivity index (χ2v) is 8.99. The predicted molar refractivity (Wildman–Crippen MR) is 84.7 cm³/mol. The molecule has 4 atom stereocenters. The number of sulfonamides is 1. The Morgan fingerprint density at radius 1 is 1.29 bits per heavy atom. The highest BCUT2D eigenvalue weighted by Gasteiger charge is 2.27. The number of rotatable bonds is 6. The molecule has 0 aromatic rings. The minimum atomic E-state index is -3.20. The monoisotopic (exact) mass is 318 g/mol. The zero-order chi connectivity index (χ0) is 15.5. The third-order valence-electron chi connectivity index (χ3n) is 4.34. The third kappa shape index (κ3) is 5.85. The number of piperidine rings is 1. The molecular weight excluding hydrogens is 288 g/mol. The maximum Gasteiger partial charge on any atom is 0.212 e. The largest absolute Gasteiger partial charge is 0.381 e. The van der Waals surface area contributed by atoms with Crippen LogP contribution in [0.1, 0.15) is 33.6 Å². The SMILES string of the molecule is C[C@@H]1C[C@H](C)CN(C[C@@H](C)NS(=O)(=O)C[C@H]2CCOC2)C1. The summed E-state index contributed by atoms with van der Waals surface area (Å²) in [5.41, 5.74) is 0. The summed E-state index contributed by atoms with van der Waals surface area (Å²) in [6, 6.07) is -0.0326. The number of nitrogens with one attached hydrogen (secondary N) is 1. The second-order valence-electron chi connectivity index (χ2n) is 7.19. The molecule has 2 aliphatic rings. The molecule has 0 aromatic heterocycles. The van der Waals surface area contributed by atoms with Crippen LogP contribution in [-0.4, -0.2) is 58.0 Å². The highest BCUT2D eigenvalue weighted by molar-refractivity contribution is 7.89. The topological polar surface area (TPSA) is 58.6 Å². The molecule has 0 radical (unpaired) electrons. The van der Waals surface area contributed by atoms with Crippen LogP contribution >= 0.6 is 0 Å². The highest BCUT2D eigenvalue weighted by atomic mass is 32.2. The molecule has 2 fully saturated rings. The Balaban J connectivity index is 1.78. The molecule has 5 nitrogen and oxygen atoms in total. The van der Waals surface area contributed by atoms with E-state index in [1.807, 2.05) is 6.92 Å². The number of likely N-dealkylation sites (tertiary alicyclic amines) is 1. The molecule has 2 heterocycles. The van der Waals surface area contributed by atoms with Gasteiger partial charge in [-0.25, -0.2) is 13.1 Å². The Bertz CT molecular complexity index is 411.